The first kappa shape index (κ1) is 14.1. The molecule has 1 saturated carbocycles. The van der Waals surface area contributed by atoms with Crippen LogP contribution in [0.15, 0.2) is 29.8 Å². The molecule has 2 nitrogen and oxygen atoms in total. The Bertz CT molecular complexity index is 421. The summed E-state index contributed by atoms with van der Waals surface area (Å²) in [6.45, 7) is 6.15. The van der Waals surface area contributed by atoms with Gasteiger partial charge in [-0.05, 0) is 43.4 Å². The van der Waals surface area contributed by atoms with Crippen molar-refractivity contribution in [1.29, 1.82) is 0 Å². The highest BCUT2D eigenvalue weighted by molar-refractivity contribution is 5.55. The van der Waals surface area contributed by atoms with Gasteiger partial charge in [-0.1, -0.05) is 37.6 Å². The number of benzene rings is 1. The predicted octanol–water partition coefficient (Wildman–Crippen LogP) is 4.02. The zero-order valence-corrected chi connectivity index (χ0v) is 12.1. The van der Waals surface area contributed by atoms with Crippen LogP contribution in [0.5, 0.6) is 5.75 Å². The van der Waals surface area contributed by atoms with Crippen molar-refractivity contribution in [1.82, 2.24) is 5.32 Å². The minimum absolute atomic E-state index is 0.772. The molecule has 0 radical (unpaired) electrons. The lowest BCUT2D eigenvalue weighted by Crippen LogP contribution is -2.18. The van der Waals surface area contributed by atoms with Crippen molar-refractivity contribution in [2.24, 2.45) is 0 Å². The maximum absolute atomic E-state index is 5.67. The summed E-state index contributed by atoms with van der Waals surface area (Å²) >= 11 is 0. The van der Waals surface area contributed by atoms with Crippen LogP contribution >= 0.6 is 0 Å². The van der Waals surface area contributed by atoms with Gasteiger partial charge in [-0.15, -0.1) is 0 Å². The molecule has 0 bridgehead atoms. The standard InChI is InChI=1S/C17H25NO/c1-3-10-19-17-7-5-6-15(12-17)11-14(4-2)13-18-16-8-9-16/h5-7,11-12,16,18H,3-4,8-10,13H2,1-2H3. The molecule has 0 heterocycles. The van der Waals surface area contributed by atoms with Crippen LogP contribution in [-0.2, 0) is 0 Å². The fourth-order valence-corrected chi connectivity index (χ4v) is 1.99. The highest BCUT2D eigenvalue weighted by Crippen LogP contribution is 2.20. The molecule has 2 heteroatoms. The van der Waals surface area contributed by atoms with E-state index >= 15 is 0 Å². The first-order chi connectivity index (χ1) is 9.31. The summed E-state index contributed by atoms with van der Waals surface area (Å²) in [6, 6.07) is 9.14. The molecule has 0 atom stereocenters. The van der Waals surface area contributed by atoms with Crippen molar-refractivity contribution >= 4 is 6.08 Å². The van der Waals surface area contributed by atoms with Crippen molar-refractivity contribution in [2.45, 2.75) is 45.6 Å². The molecule has 19 heavy (non-hydrogen) atoms. The van der Waals surface area contributed by atoms with Gasteiger partial charge in [-0.3, -0.25) is 0 Å². The van der Waals surface area contributed by atoms with Crippen LogP contribution in [0.4, 0.5) is 0 Å². The number of nitrogens with one attached hydrogen (secondary N) is 1. The lowest BCUT2D eigenvalue weighted by atomic mass is 10.1. The summed E-state index contributed by atoms with van der Waals surface area (Å²) in [4.78, 5) is 0. The molecular weight excluding hydrogens is 234 g/mol. The van der Waals surface area contributed by atoms with Gasteiger partial charge in [0.1, 0.15) is 5.75 Å². The van der Waals surface area contributed by atoms with Gasteiger partial charge in [0, 0.05) is 12.6 Å². The molecule has 0 aliphatic heterocycles. The van der Waals surface area contributed by atoms with Gasteiger partial charge in [0.15, 0.2) is 0 Å². The summed E-state index contributed by atoms with van der Waals surface area (Å²) < 4.78 is 5.67. The summed E-state index contributed by atoms with van der Waals surface area (Å²) in [7, 11) is 0. The van der Waals surface area contributed by atoms with Crippen LogP contribution in [0, 0.1) is 0 Å². The molecule has 104 valence electrons. The second kappa shape index (κ2) is 7.34. The molecule has 1 aromatic rings. The van der Waals surface area contributed by atoms with E-state index in [1.807, 2.05) is 6.07 Å². The highest BCUT2D eigenvalue weighted by Gasteiger charge is 2.19. The lowest BCUT2D eigenvalue weighted by Gasteiger charge is -2.08. The molecule has 1 aromatic carbocycles. The molecule has 1 fully saturated rings. The van der Waals surface area contributed by atoms with E-state index in [-0.39, 0.29) is 0 Å². The van der Waals surface area contributed by atoms with Crippen LogP contribution in [0.2, 0.25) is 0 Å². The number of rotatable bonds is 8. The van der Waals surface area contributed by atoms with E-state index in [0.717, 1.165) is 37.8 Å². The molecule has 1 aliphatic rings. The van der Waals surface area contributed by atoms with Crippen molar-refractivity contribution < 1.29 is 4.74 Å². The van der Waals surface area contributed by atoms with Gasteiger partial charge in [0.2, 0.25) is 0 Å². The Morgan fingerprint density at radius 2 is 2.21 bits per heavy atom. The second-order valence-corrected chi connectivity index (χ2v) is 5.23. The van der Waals surface area contributed by atoms with Crippen LogP contribution in [-0.4, -0.2) is 19.2 Å². The molecule has 0 spiro atoms. The molecule has 1 N–H and O–H groups in total. The minimum atomic E-state index is 0.772. The summed E-state index contributed by atoms with van der Waals surface area (Å²) in [6.07, 6.45) is 7.12. The first-order valence-electron chi connectivity index (χ1n) is 7.47. The van der Waals surface area contributed by atoms with Crippen molar-refractivity contribution in [3.05, 3.63) is 35.4 Å². The Balaban J connectivity index is 1.97. The van der Waals surface area contributed by atoms with Gasteiger partial charge >= 0.3 is 0 Å². The molecule has 2 rings (SSSR count). The topological polar surface area (TPSA) is 21.3 Å². The Morgan fingerprint density at radius 3 is 2.89 bits per heavy atom. The van der Waals surface area contributed by atoms with Crippen LogP contribution in [0.25, 0.3) is 6.08 Å². The Kier molecular flexibility index (Phi) is 5.46. The summed E-state index contributed by atoms with van der Waals surface area (Å²) in [5.74, 6) is 0.973. The first-order valence-corrected chi connectivity index (χ1v) is 7.47. The third-order valence-corrected chi connectivity index (χ3v) is 3.35. The van der Waals surface area contributed by atoms with Gasteiger partial charge < -0.3 is 10.1 Å². The minimum Gasteiger partial charge on any atom is -0.494 e. The van der Waals surface area contributed by atoms with Crippen molar-refractivity contribution in [2.75, 3.05) is 13.2 Å². The molecule has 0 saturated heterocycles. The third-order valence-electron chi connectivity index (χ3n) is 3.35. The monoisotopic (exact) mass is 259 g/mol. The Morgan fingerprint density at radius 1 is 1.37 bits per heavy atom. The maximum atomic E-state index is 5.67. The SMILES string of the molecule is CCCOc1cccc(C=C(CC)CNC2CC2)c1. The fraction of sp³-hybridized carbons (Fsp3) is 0.529. The normalized spacial score (nSPS) is 15.6. The fourth-order valence-electron chi connectivity index (χ4n) is 1.99. The van der Waals surface area contributed by atoms with E-state index in [1.165, 1.54) is 24.0 Å². The van der Waals surface area contributed by atoms with Crippen molar-refractivity contribution in [3.63, 3.8) is 0 Å². The van der Waals surface area contributed by atoms with Crippen molar-refractivity contribution in [3.8, 4) is 5.75 Å². The average Bonchev–Trinajstić information content (AvgIpc) is 3.25. The maximum Gasteiger partial charge on any atom is 0.119 e. The number of ether oxygens (including phenoxy) is 1. The largest absolute Gasteiger partial charge is 0.494 e. The van der Waals surface area contributed by atoms with Gasteiger partial charge in [-0.25, -0.2) is 0 Å². The number of hydrogen-bond donors (Lipinski definition) is 1. The lowest BCUT2D eigenvalue weighted by molar-refractivity contribution is 0.317. The average molecular weight is 259 g/mol. The zero-order valence-electron chi connectivity index (χ0n) is 12.1. The molecule has 0 aromatic heterocycles. The van der Waals surface area contributed by atoms with E-state index in [1.54, 1.807) is 0 Å². The van der Waals surface area contributed by atoms with E-state index in [9.17, 15) is 0 Å². The molecular formula is C17H25NO. The van der Waals surface area contributed by atoms with Gasteiger partial charge in [0.25, 0.3) is 0 Å². The van der Waals surface area contributed by atoms with Crippen LogP contribution < -0.4 is 10.1 Å². The van der Waals surface area contributed by atoms with Gasteiger partial charge in [-0.2, -0.15) is 0 Å². The predicted molar refractivity (Wildman–Crippen MR) is 81.5 cm³/mol. The van der Waals surface area contributed by atoms with E-state index in [4.69, 9.17) is 4.74 Å². The van der Waals surface area contributed by atoms with Crippen LogP contribution in [0.1, 0.15) is 45.1 Å². The zero-order chi connectivity index (χ0) is 13.5. The number of hydrogen-bond acceptors (Lipinski definition) is 2. The quantitative estimate of drug-likeness (QED) is 0.761. The van der Waals surface area contributed by atoms with Gasteiger partial charge in [0.05, 0.1) is 6.61 Å². The second-order valence-electron chi connectivity index (χ2n) is 5.23. The van der Waals surface area contributed by atoms with Crippen LogP contribution in [0.3, 0.4) is 0 Å². The molecule has 0 amide bonds. The summed E-state index contributed by atoms with van der Waals surface area (Å²) in [5.41, 5.74) is 2.70. The third kappa shape index (κ3) is 5.07. The van der Waals surface area contributed by atoms with E-state index in [2.05, 4.69) is 43.4 Å². The van der Waals surface area contributed by atoms with E-state index in [0.29, 0.717) is 0 Å². The molecule has 1 aliphatic carbocycles. The highest BCUT2D eigenvalue weighted by atomic mass is 16.5. The molecule has 0 unspecified atom stereocenters. The summed E-state index contributed by atoms with van der Waals surface area (Å²) in [5, 5.41) is 3.58. The van der Waals surface area contributed by atoms with E-state index < -0.39 is 0 Å². The smallest absolute Gasteiger partial charge is 0.119 e. The Labute approximate surface area is 116 Å². The Hall–Kier alpha value is -1.28.